The number of aryl methyl sites for hydroxylation is 1. The number of carbonyl (C=O) groups is 2. The summed E-state index contributed by atoms with van der Waals surface area (Å²) in [7, 11) is 1.37. The monoisotopic (exact) mass is 311 g/mol. The molecule has 0 aliphatic heterocycles. The Morgan fingerprint density at radius 2 is 1.86 bits per heavy atom. The standard InChI is InChI=1S/C16H22FNO4/c1-10-7-11(17)13(12(8-10)21-6)16(5,9-19)18-14(20)22-15(2,3)4/h7-9H,1-6H3,(H,18,20). The number of methoxy groups -OCH3 is 1. The summed E-state index contributed by atoms with van der Waals surface area (Å²) in [6, 6.07) is 2.87. The van der Waals surface area contributed by atoms with E-state index in [-0.39, 0.29) is 11.3 Å². The van der Waals surface area contributed by atoms with Gasteiger partial charge >= 0.3 is 6.09 Å². The normalized spacial score (nSPS) is 14.0. The summed E-state index contributed by atoms with van der Waals surface area (Å²) in [5, 5.41) is 2.40. The van der Waals surface area contributed by atoms with Crippen molar-refractivity contribution in [3.63, 3.8) is 0 Å². The number of hydrogen-bond acceptors (Lipinski definition) is 4. The van der Waals surface area contributed by atoms with E-state index >= 15 is 0 Å². The van der Waals surface area contributed by atoms with Gasteiger partial charge in [-0.05, 0) is 52.3 Å². The minimum absolute atomic E-state index is 0.0403. The molecule has 0 saturated heterocycles. The summed E-state index contributed by atoms with van der Waals surface area (Å²) < 4.78 is 24.6. The summed E-state index contributed by atoms with van der Waals surface area (Å²) >= 11 is 0. The Morgan fingerprint density at radius 3 is 2.32 bits per heavy atom. The first kappa shape index (κ1) is 17.9. The third-order valence-electron chi connectivity index (χ3n) is 2.93. The molecular weight excluding hydrogens is 289 g/mol. The van der Waals surface area contributed by atoms with Gasteiger partial charge in [0.05, 0.1) is 12.7 Å². The number of halogens is 1. The molecule has 0 radical (unpaired) electrons. The lowest BCUT2D eigenvalue weighted by Gasteiger charge is -2.29. The molecule has 1 N–H and O–H groups in total. The van der Waals surface area contributed by atoms with Crippen molar-refractivity contribution in [3.05, 3.63) is 29.1 Å². The molecule has 5 nitrogen and oxygen atoms in total. The molecule has 1 aromatic carbocycles. The Kier molecular flexibility index (Phi) is 5.17. The lowest BCUT2D eigenvalue weighted by atomic mass is 9.91. The number of alkyl carbamates (subject to hydrolysis) is 1. The van der Waals surface area contributed by atoms with Crippen molar-refractivity contribution in [1.29, 1.82) is 0 Å². The molecule has 0 saturated carbocycles. The van der Waals surface area contributed by atoms with E-state index < -0.39 is 23.1 Å². The number of nitrogens with one attached hydrogen (secondary N) is 1. The topological polar surface area (TPSA) is 64.6 Å². The molecule has 0 fully saturated rings. The quantitative estimate of drug-likeness (QED) is 0.868. The zero-order valence-electron chi connectivity index (χ0n) is 13.7. The molecule has 22 heavy (non-hydrogen) atoms. The number of hydrogen-bond donors (Lipinski definition) is 1. The second-order valence-corrected chi connectivity index (χ2v) is 6.27. The van der Waals surface area contributed by atoms with Gasteiger partial charge in [0.1, 0.15) is 29.0 Å². The molecule has 1 unspecified atom stereocenters. The molecule has 0 aliphatic rings. The van der Waals surface area contributed by atoms with Gasteiger partial charge in [-0.25, -0.2) is 9.18 Å². The first-order valence-corrected chi connectivity index (χ1v) is 6.84. The van der Waals surface area contributed by atoms with E-state index in [1.54, 1.807) is 33.8 Å². The van der Waals surface area contributed by atoms with Crippen LogP contribution in [0.3, 0.4) is 0 Å². The molecule has 1 atom stereocenters. The van der Waals surface area contributed by atoms with Gasteiger partial charge in [-0.2, -0.15) is 0 Å². The van der Waals surface area contributed by atoms with Gasteiger partial charge in [-0.15, -0.1) is 0 Å². The fraction of sp³-hybridized carbons (Fsp3) is 0.500. The summed E-state index contributed by atoms with van der Waals surface area (Å²) in [5.74, 6) is -0.453. The number of benzene rings is 1. The largest absolute Gasteiger partial charge is 0.496 e. The number of rotatable bonds is 4. The Balaban J connectivity index is 3.24. The van der Waals surface area contributed by atoms with Crippen LogP contribution in [0.5, 0.6) is 5.75 Å². The van der Waals surface area contributed by atoms with E-state index in [1.807, 2.05) is 0 Å². The van der Waals surface area contributed by atoms with Crippen molar-refractivity contribution in [3.8, 4) is 5.75 Å². The number of carbonyl (C=O) groups excluding carboxylic acids is 2. The van der Waals surface area contributed by atoms with E-state index in [1.165, 1.54) is 20.1 Å². The van der Waals surface area contributed by atoms with Crippen LogP contribution in [0.2, 0.25) is 0 Å². The number of aldehydes is 1. The minimum atomic E-state index is -1.61. The third-order valence-corrected chi connectivity index (χ3v) is 2.93. The summed E-state index contributed by atoms with van der Waals surface area (Å²) in [6.07, 6.45) is -0.364. The lowest BCUT2D eigenvalue weighted by molar-refractivity contribution is -0.113. The van der Waals surface area contributed by atoms with Crippen molar-refractivity contribution in [2.75, 3.05) is 7.11 Å². The van der Waals surface area contributed by atoms with Gasteiger partial charge in [0.2, 0.25) is 0 Å². The van der Waals surface area contributed by atoms with Crippen LogP contribution in [-0.2, 0) is 15.1 Å². The smallest absolute Gasteiger partial charge is 0.408 e. The van der Waals surface area contributed by atoms with Crippen molar-refractivity contribution < 1.29 is 23.5 Å². The molecule has 0 heterocycles. The van der Waals surface area contributed by atoms with Crippen LogP contribution >= 0.6 is 0 Å². The summed E-state index contributed by atoms with van der Waals surface area (Å²) in [6.45, 7) is 8.17. The van der Waals surface area contributed by atoms with Gasteiger partial charge in [0.15, 0.2) is 0 Å². The molecule has 6 heteroatoms. The SMILES string of the molecule is COc1cc(C)cc(F)c1C(C)(C=O)NC(=O)OC(C)(C)C. The van der Waals surface area contributed by atoms with Crippen LogP contribution in [-0.4, -0.2) is 25.1 Å². The predicted octanol–water partition coefficient (Wildman–Crippen LogP) is 3.08. The first-order chi connectivity index (χ1) is 10.0. The highest BCUT2D eigenvalue weighted by molar-refractivity contribution is 5.79. The van der Waals surface area contributed by atoms with Gasteiger partial charge in [-0.1, -0.05) is 0 Å². The first-order valence-electron chi connectivity index (χ1n) is 6.84. The number of amides is 1. The van der Waals surface area contributed by atoms with E-state index in [0.29, 0.717) is 11.8 Å². The van der Waals surface area contributed by atoms with Crippen molar-refractivity contribution >= 4 is 12.4 Å². The molecule has 0 bridgehead atoms. The molecule has 0 aromatic heterocycles. The highest BCUT2D eigenvalue weighted by Gasteiger charge is 2.36. The molecule has 0 spiro atoms. The van der Waals surface area contributed by atoms with Gasteiger partial charge in [0.25, 0.3) is 0 Å². The Labute approximate surface area is 129 Å². The van der Waals surface area contributed by atoms with E-state index in [9.17, 15) is 14.0 Å². The minimum Gasteiger partial charge on any atom is -0.496 e. The third kappa shape index (κ3) is 4.19. The van der Waals surface area contributed by atoms with E-state index in [2.05, 4.69) is 5.32 Å². The molecule has 122 valence electrons. The second-order valence-electron chi connectivity index (χ2n) is 6.27. The lowest BCUT2D eigenvalue weighted by Crippen LogP contribution is -2.47. The zero-order valence-corrected chi connectivity index (χ0v) is 13.7. The molecule has 1 rings (SSSR count). The Bertz CT molecular complexity index is 580. The fourth-order valence-corrected chi connectivity index (χ4v) is 2.04. The maximum Gasteiger partial charge on any atom is 0.408 e. The van der Waals surface area contributed by atoms with Gasteiger partial charge in [-0.3, -0.25) is 0 Å². The second kappa shape index (κ2) is 6.34. The highest BCUT2D eigenvalue weighted by atomic mass is 19.1. The van der Waals surface area contributed by atoms with Gasteiger partial charge in [0, 0.05) is 0 Å². The van der Waals surface area contributed by atoms with E-state index in [0.717, 1.165) is 0 Å². The molecule has 1 aromatic rings. The van der Waals surface area contributed by atoms with Gasteiger partial charge < -0.3 is 19.6 Å². The predicted molar refractivity (Wildman–Crippen MR) is 80.5 cm³/mol. The average molecular weight is 311 g/mol. The molecular formula is C16H22FNO4. The van der Waals surface area contributed by atoms with Crippen LogP contribution in [0.1, 0.15) is 38.8 Å². The van der Waals surface area contributed by atoms with Crippen LogP contribution in [0, 0.1) is 12.7 Å². The summed E-state index contributed by atoms with van der Waals surface area (Å²) in [4.78, 5) is 23.5. The maximum absolute atomic E-state index is 14.3. The Hall–Kier alpha value is -2.11. The van der Waals surface area contributed by atoms with Crippen molar-refractivity contribution in [2.24, 2.45) is 0 Å². The van der Waals surface area contributed by atoms with E-state index in [4.69, 9.17) is 9.47 Å². The van der Waals surface area contributed by atoms with Crippen molar-refractivity contribution in [2.45, 2.75) is 45.8 Å². The maximum atomic E-state index is 14.3. The van der Waals surface area contributed by atoms with Crippen LogP contribution in [0.15, 0.2) is 12.1 Å². The van der Waals surface area contributed by atoms with Crippen molar-refractivity contribution in [1.82, 2.24) is 5.32 Å². The number of ether oxygens (including phenoxy) is 2. The highest BCUT2D eigenvalue weighted by Crippen LogP contribution is 2.32. The fourth-order valence-electron chi connectivity index (χ4n) is 2.04. The summed E-state index contributed by atoms with van der Waals surface area (Å²) in [5.41, 5.74) is -1.74. The van der Waals surface area contributed by atoms with Crippen LogP contribution < -0.4 is 10.1 Å². The molecule has 1 amide bonds. The molecule has 0 aliphatic carbocycles. The Morgan fingerprint density at radius 1 is 1.27 bits per heavy atom. The zero-order chi connectivity index (χ0) is 17.1. The van der Waals surface area contributed by atoms with Crippen LogP contribution in [0.25, 0.3) is 0 Å². The van der Waals surface area contributed by atoms with Crippen LogP contribution in [0.4, 0.5) is 9.18 Å². The average Bonchev–Trinajstić information content (AvgIpc) is 2.34.